The molecule has 0 spiro atoms. The zero-order valence-electron chi connectivity index (χ0n) is 17.5. The van der Waals surface area contributed by atoms with Crippen LogP contribution in [0.25, 0.3) is 0 Å². The molecule has 0 aromatic heterocycles. The molecular formula is C23H21F3N2O4S. The molecule has 33 heavy (non-hydrogen) atoms. The first-order valence-electron chi connectivity index (χ1n) is 9.94. The van der Waals surface area contributed by atoms with Crippen LogP contribution in [0.4, 0.5) is 18.9 Å². The van der Waals surface area contributed by atoms with E-state index in [0.717, 1.165) is 6.07 Å². The first-order valence-corrected chi connectivity index (χ1v) is 11.4. The molecule has 0 heterocycles. The van der Waals surface area contributed by atoms with Gasteiger partial charge in [0.05, 0.1) is 17.2 Å². The van der Waals surface area contributed by atoms with Crippen molar-refractivity contribution >= 4 is 21.6 Å². The Morgan fingerprint density at radius 3 is 2.24 bits per heavy atom. The van der Waals surface area contributed by atoms with E-state index in [4.69, 9.17) is 4.74 Å². The lowest BCUT2D eigenvalue weighted by Gasteiger charge is -2.19. The van der Waals surface area contributed by atoms with Gasteiger partial charge in [0.1, 0.15) is 11.8 Å². The molecular weight excluding hydrogens is 457 g/mol. The second-order valence-corrected chi connectivity index (χ2v) is 8.69. The van der Waals surface area contributed by atoms with Crippen LogP contribution in [-0.2, 0) is 21.2 Å². The number of hydrogen-bond acceptors (Lipinski definition) is 4. The Hall–Kier alpha value is -3.37. The van der Waals surface area contributed by atoms with Crippen LogP contribution < -0.4 is 14.8 Å². The lowest BCUT2D eigenvalue weighted by molar-refractivity contribution is -0.117. The maximum absolute atomic E-state index is 14.0. The molecule has 1 atom stereocenters. The van der Waals surface area contributed by atoms with E-state index in [1.54, 1.807) is 37.3 Å². The predicted octanol–water partition coefficient (Wildman–Crippen LogP) is 4.03. The Balaban J connectivity index is 1.87. The topological polar surface area (TPSA) is 84.5 Å². The normalized spacial score (nSPS) is 12.2. The number of sulfonamides is 1. The summed E-state index contributed by atoms with van der Waals surface area (Å²) in [6, 6.07) is 14.3. The number of carbonyl (C=O) groups excluding carboxylic acids is 1. The van der Waals surface area contributed by atoms with Gasteiger partial charge < -0.3 is 10.1 Å². The molecule has 1 amide bonds. The minimum absolute atomic E-state index is 0.0752. The molecule has 0 saturated heterocycles. The molecule has 6 nitrogen and oxygen atoms in total. The Bertz CT molecular complexity index is 1220. The van der Waals surface area contributed by atoms with E-state index in [1.165, 1.54) is 24.3 Å². The maximum Gasteiger partial charge on any atom is 0.242 e. The minimum atomic E-state index is -4.17. The van der Waals surface area contributed by atoms with Crippen molar-refractivity contribution in [2.75, 3.05) is 11.9 Å². The summed E-state index contributed by atoms with van der Waals surface area (Å²) < 4.78 is 74.2. The van der Waals surface area contributed by atoms with Crippen molar-refractivity contribution in [1.29, 1.82) is 0 Å². The second-order valence-electron chi connectivity index (χ2n) is 6.98. The zero-order valence-corrected chi connectivity index (χ0v) is 18.3. The van der Waals surface area contributed by atoms with Gasteiger partial charge in [-0.1, -0.05) is 30.3 Å². The number of amides is 1. The highest BCUT2D eigenvalue weighted by Crippen LogP contribution is 2.21. The van der Waals surface area contributed by atoms with Crippen LogP contribution in [0.1, 0.15) is 12.5 Å². The van der Waals surface area contributed by atoms with E-state index in [0.29, 0.717) is 24.0 Å². The smallest absolute Gasteiger partial charge is 0.242 e. The molecule has 10 heteroatoms. The lowest BCUT2D eigenvalue weighted by atomic mass is 10.1. The van der Waals surface area contributed by atoms with Crippen LogP contribution in [0.15, 0.2) is 71.6 Å². The van der Waals surface area contributed by atoms with Crippen molar-refractivity contribution < 1.29 is 31.1 Å². The molecule has 0 bridgehead atoms. The first-order chi connectivity index (χ1) is 15.7. The van der Waals surface area contributed by atoms with Gasteiger partial charge in [-0.25, -0.2) is 21.6 Å². The lowest BCUT2D eigenvalue weighted by Crippen LogP contribution is -2.45. The number of anilines is 1. The monoisotopic (exact) mass is 478 g/mol. The molecule has 0 aliphatic carbocycles. The fraction of sp³-hybridized carbons (Fsp3) is 0.174. The van der Waals surface area contributed by atoms with Crippen LogP contribution in [0.5, 0.6) is 5.75 Å². The van der Waals surface area contributed by atoms with E-state index < -0.39 is 45.1 Å². The number of nitrogens with one attached hydrogen (secondary N) is 2. The van der Waals surface area contributed by atoms with E-state index in [2.05, 4.69) is 10.0 Å². The Morgan fingerprint density at radius 2 is 1.61 bits per heavy atom. The molecule has 2 N–H and O–H groups in total. The van der Waals surface area contributed by atoms with Crippen LogP contribution in [-0.4, -0.2) is 27.0 Å². The number of ether oxygens (including phenoxy) is 1. The molecule has 174 valence electrons. The predicted molar refractivity (Wildman–Crippen MR) is 117 cm³/mol. The highest BCUT2D eigenvalue weighted by Gasteiger charge is 2.27. The van der Waals surface area contributed by atoms with Crippen molar-refractivity contribution in [3.05, 3.63) is 89.7 Å². The van der Waals surface area contributed by atoms with Crippen molar-refractivity contribution in [2.45, 2.75) is 24.3 Å². The molecule has 0 aliphatic heterocycles. The summed E-state index contributed by atoms with van der Waals surface area (Å²) in [5.41, 5.74) is 0.00929. The molecule has 0 unspecified atom stereocenters. The van der Waals surface area contributed by atoms with Gasteiger partial charge in [-0.05, 0) is 55.3 Å². The number of rotatable bonds is 9. The SMILES string of the molecule is CCOc1ccc(S(=O)(=O)N[C@@H](Cc2ccccc2)C(=O)Nc2ccc(F)c(F)c2F)cc1. The van der Waals surface area contributed by atoms with Crippen molar-refractivity contribution in [2.24, 2.45) is 0 Å². The molecule has 0 fully saturated rings. The van der Waals surface area contributed by atoms with Gasteiger partial charge >= 0.3 is 0 Å². The van der Waals surface area contributed by atoms with Crippen LogP contribution >= 0.6 is 0 Å². The van der Waals surface area contributed by atoms with Crippen molar-refractivity contribution in [3.8, 4) is 5.75 Å². The molecule has 3 aromatic carbocycles. The van der Waals surface area contributed by atoms with Gasteiger partial charge in [-0.3, -0.25) is 4.79 Å². The van der Waals surface area contributed by atoms with Crippen molar-refractivity contribution in [3.63, 3.8) is 0 Å². The number of halogens is 3. The van der Waals surface area contributed by atoms with Gasteiger partial charge in [0.15, 0.2) is 17.5 Å². The summed E-state index contributed by atoms with van der Waals surface area (Å²) in [5, 5.41) is 2.13. The second kappa shape index (κ2) is 10.5. The average Bonchev–Trinajstić information content (AvgIpc) is 2.80. The Labute approximate surface area is 189 Å². The molecule has 3 rings (SSSR count). The van der Waals surface area contributed by atoms with Gasteiger partial charge in [-0.15, -0.1) is 0 Å². The summed E-state index contributed by atoms with van der Waals surface area (Å²) in [5.74, 6) is -5.22. The minimum Gasteiger partial charge on any atom is -0.494 e. The quantitative estimate of drug-likeness (QED) is 0.455. The van der Waals surface area contributed by atoms with E-state index in [1.807, 2.05) is 0 Å². The van der Waals surface area contributed by atoms with Gasteiger partial charge in [0.2, 0.25) is 15.9 Å². The summed E-state index contributed by atoms with van der Waals surface area (Å²) >= 11 is 0. The van der Waals surface area contributed by atoms with E-state index in [-0.39, 0.29) is 11.3 Å². The number of hydrogen-bond donors (Lipinski definition) is 2. The number of carbonyl (C=O) groups is 1. The summed E-state index contributed by atoms with van der Waals surface area (Å²) in [4.78, 5) is 12.8. The largest absolute Gasteiger partial charge is 0.494 e. The number of benzene rings is 3. The zero-order chi connectivity index (χ0) is 24.0. The van der Waals surface area contributed by atoms with Crippen LogP contribution in [0, 0.1) is 17.5 Å². The third-order valence-corrected chi connectivity index (χ3v) is 6.12. The Kier molecular flexibility index (Phi) is 7.72. The third kappa shape index (κ3) is 6.11. The van der Waals surface area contributed by atoms with Crippen LogP contribution in [0.3, 0.4) is 0 Å². The van der Waals surface area contributed by atoms with Gasteiger partial charge in [0, 0.05) is 0 Å². The standard InChI is InChI=1S/C23H21F3N2O4S/c1-2-32-16-8-10-17(11-9-16)33(30,31)28-20(14-15-6-4-3-5-7-15)23(29)27-19-13-12-18(24)21(25)22(19)26/h3-13,20,28H,2,14H2,1H3,(H,27,29)/t20-/m0/s1. The highest BCUT2D eigenvalue weighted by atomic mass is 32.2. The molecule has 0 radical (unpaired) electrons. The van der Waals surface area contributed by atoms with E-state index in [9.17, 15) is 26.4 Å². The summed E-state index contributed by atoms with van der Waals surface area (Å²) in [6.45, 7) is 2.19. The average molecular weight is 478 g/mol. The molecule has 0 aliphatic rings. The molecule has 3 aromatic rings. The third-order valence-electron chi connectivity index (χ3n) is 4.63. The maximum atomic E-state index is 14.0. The fourth-order valence-corrected chi connectivity index (χ4v) is 4.21. The first kappa shape index (κ1) is 24.3. The van der Waals surface area contributed by atoms with Crippen molar-refractivity contribution in [1.82, 2.24) is 4.72 Å². The van der Waals surface area contributed by atoms with Gasteiger partial charge in [0.25, 0.3) is 0 Å². The van der Waals surface area contributed by atoms with E-state index >= 15 is 0 Å². The summed E-state index contributed by atoms with van der Waals surface area (Å²) in [6.07, 6.45) is -0.0752. The molecule has 0 saturated carbocycles. The highest BCUT2D eigenvalue weighted by molar-refractivity contribution is 7.89. The Morgan fingerprint density at radius 1 is 0.939 bits per heavy atom. The van der Waals surface area contributed by atoms with Crippen LogP contribution in [0.2, 0.25) is 0 Å². The van der Waals surface area contributed by atoms with Gasteiger partial charge in [-0.2, -0.15) is 4.72 Å². The fourth-order valence-electron chi connectivity index (χ4n) is 3.02. The summed E-state index contributed by atoms with van der Waals surface area (Å²) in [7, 11) is -4.17.